The first-order valence-corrected chi connectivity index (χ1v) is 6.53. The molecule has 0 saturated carbocycles. The second-order valence-electron chi connectivity index (χ2n) is 4.75. The molecule has 0 aliphatic carbocycles. The fourth-order valence-corrected chi connectivity index (χ4v) is 2.34. The largest absolute Gasteiger partial charge is 0.378 e. The van der Waals surface area contributed by atoms with Gasteiger partial charge >= 0.3 is 0 Å². The molecular formula is C13H21N3O2. The molecule has 2 aliphatic heterocycles. The predicted octanol–water partition coefficient (Wildman–Crippen LogP) is -0.904. The predicted molar refractivity (Wildman–Crippen MR) is 69.1 cm³/mol. The molecule has 0 N–H and O–H groups in total. The molecule has 0 unspecified atom stereocenters. The number of piperazine rings is 1. The number of hydrogen-bond acceptors (Lipinski definition) is 4. The van der Waals surface area contributed by atoms with Gasteiger partial charge in [0.2, 0.25) is 5.91 Å². The number of carbonyl (C=O) groups excluding carboxylic acids is 1. The van der Waals surface area contributed by atoms with Gasteiger partial charge in [-0.15, -0.1) is 6.42 Å². The van der Waals surface area contributed by atoms with Gasteiger partial charge in [-0.2, -0.15) is 0 Å². The summed E-state index contributed by atoms with van der Waals surface area (Å²) < 4.78 is 5.25. The highest BCUT2D eigenvalue weighted by Crippen LogP contribution is 2.03. The van der Waals surface area contributed by atoms with E-state index in [4.69, 9.17) is 11.2 Å². The van der Waals surface area contributed by atoms with Gasteiger partial charge in [0.15, 0.2) is 0 Å². The van der Waals surface area contributed by atoms with E-state index >= 15 is 0 Å². The molecule has 1 amide bonds. The fourth-order valence-electron chi connectivity index (χ4n) is 2.34. The zero-order valence-corrected chi connectivity index (χ0v) is 10.8. The maximum Gasteiger partial charge on any atom is 0.236 e. The molecule has 0 atom stereocenters. The zero-order valence-electron chi connectivity index (χ0n) is 10.8. The van der Waals surface area contributed by atoms with Crippen molar-refractivity contribution in [3.63, 3.8) is 0 Å². The smallest absolute Gasteiger partial charge is 0.236 e. The van der Waals surface area contributed by atoms with Crippen molar-refractivity contribution in [1.82, 2.24) is 14.7 Å². The van der Waals surface area contributed by atoms with Gasteiger partial charge in [-0.05, 0) is 0 Å². The van der Waals surface area contributed by atoms with Gasteiger partial charge in [0, 0.05) is 39.3 Å². The van der Waals surface area contributed by atoms with E-state index in [1.165, 1.54) is 0 Å². The maximum absolute atomic E-state index is 12.1. The SMILES string of the molecule is C#CCN1CCN(CC(=O)N2CCOCC2)CC1. The monoisotopic (exact) mass is 251 g/mol. The Morgan fingerprint density at radius 3 is 2.28 bits per heavy atom. The molecule has 0 bridgehead atoms. The number of carbonyl (C=O) groups is 1. The minimum atomic E-state index is 0.226. The molecular weight excluding hydrogens is 230 g/mol. The number of nitrogens with zero attached hydrogens (tertiary/aromatic N) is 3. The van der Waals surface area contributed by atoms with Crippen molar-refractivity contribution in [2.24, 2.45) is 0 Å². The van der Waals surface area contributed by atoms with Crippen molar-refractivity contribution >= 4 is 5.91 Å². The Morgan fingerprint density at radius 2 is 1.67 bits per heavy atom. The molecule has 5 nitrogen and oxygen atoms in total. The Hall–Kier alpha value is -1.09. The molecule has 18 heavy (non-hydrogen) atoms. The summed E-state index contributed by atoms with van der Waals surface area (Å²) in [5.74, 6) is 2.89. The minimum Gasteiger partial charge on any atom is -0.378 e. The van der Waals surface area contributed by atoms with Crippen molar-refractivity contribution in [2.75, 3.05) is 65.6 Å². The second kappa shape index (κ2) is 6.74. The third kappa shape index (κ3) is 3.70. The third-order valence-corrected chi connectivity index (χ3v) is 3.50. The zero-order chi connectivity index (χ0) is 12.8. The lowest BCUT2D eigenvalue weighted by atomic mass is 10.3. The molecule has 2 saturated heterocycles. The van der Waals surface area contributed by atoms with Crippen molar-refractivity contribution in [1.29, 1.82) is 0 Å². The quantitative estimate of drug-likeness (QED) is 0.609. The topological polar surface area (TPSA) is 36.0 Å². The molecule has 2 fully saturated rings. The van der Waals surface area contributed by atoms with Crippen LogP contribution in [-0.2, 0) is 9.53 Å². The van der Waals surface area contributed by atoms with Gasteiger partial charge in [0.25, 0.3) is 0 Å². The van der Waals surface area contributed by atoms with Gasteiger partial charge in [0.05, 0.1) is 26.3 Å². The minimum absolute atomic E-state index is 0.226. The van der Waals surface area contributed by atoms with Crippen LogP contribution >= 0.6 is 0 Å². The lowest BCUT2D eigenvalue weighted by Gasteiger charge is -2.35. The summed E-state index contributed by atoms with van der Waals surface area (Å²) >= 11 is 0. The second-order valence-corrected chi connectivity index (χ2v) is 4.75. The van der Waals surface area contributed by atoms with Crippen LogP contribution in [0.15, 0.2) is 0 Å². The van der Waals surface area contributed by atoms with Crippen molar-refractivity contribution < 1.29 is 9.53 Å². The molecule has 0 aromatic heterocycles. The van der Waals surface area contributed by atoms with Crippen molar-refractivity contribution in [3.05, 3.63) is 0 Å². The Labute approximate surface area is 109 Å². The Bertz CT molecular complexity index is 313. The summed E-state index contributed by atoms with van der Waals surface area (Å²) in [6.45, 7) is 7.82. The first kappa shape index (κ1) is 13.3. The summed E-state index contributed by atoms with van der Waals surface area (Å²) in [5, 5.41) is 0. The number of morpholine rings is 1. The number of hydrogen-bond donors (Lipinski definition) is 0. The van der Waals surface area contributed by atoms with Gasteiger partial charge in [-0.3, -0.25) is 14.6 Å². The summed E-state index contributed by atoms with van der Waals surface area (Å²) in [7, 11) is 0. The van der Waals surface area contributed by atoms with E-state index in [0.29, 0.717) is 26.3 Å². The van der Waals surface area contributed by atoms with Crippen LogP contribution < -0.4 is 0 Å². The number of rotatable bonds is 3. The molecule has 0 aromatic carbocycles. The number of terminal acetylenes is 1. The highest BCUT2D eigenvalue weighted by atomic mass is 16.5. The van der Waals surface area contributed by atoms with Gasteiger partial charge < -0.3 is 9.64 Å². The molecule has 2 heterocycles. The van der Waals surface area contributed by atoms with Crippen LogP contribution in [-0.4, -0.2) is 86.2 Å². The van der Waals surface area contributed by atoms with Crippen LogP contribution in [0, 0.1) is 12.3 Å². The lowest BCUT2D eigenvalue weighted by Crippen LogP contribution is -2.51. The van der Waals surface area contributed by atoms with Crippen molar-refractivity contribution in [3.8, 4) is 12.3 Å². The summed E-state index contributed by atoms with van der Waals surface area (Å²) in [6, 6.07) is 0. The van der Waals surface area contributed by atoms with E-state index in [-0.39, 0.29) is 5.91 Å². The van der Waals surface area contributed by atoms with Crippen molar-refractivity contribution in [2.45, 2.75) is 0 Å². The van der Waals surface area contributed by atoms with Gasteiger partial charge in [-0.25, -0.2) is 0 Å². The normalized spacial score (nSPS) is 22.7. The molecule has 0 radical (unpaired) electrons. The van der Waals surface area contributed by atoms with Crippen LogP contribution in [0.3, 0.4) is 0 Å². The Morgan fingerprint density at radius 1 is 1.06 bits per heavy atom. The maximum atomic E-state index is 12.1. The highest BCUT2D eigenvalue weighted by Gasteiger charge is 2.22. The molecule has 0 spiro atoms. The van der Waals surface area contributed by atoms with Crippen LogP contribution in [0.25, 0.3) is 0 Å². The number of amides is 1. The van der Waals surface area contributed by atoms with Crippen LogP contribution in [0.1, 0.15) is 0 Å². The summed E-state index contributed by atoms with van der Waals surface area (Å²) in [6.07, 6.45) is 5.29. The van der Waals surface area contributed by atoms with Crippen LogP contribution in [0.5, 0.6) is 0 Å². The van der Waals surface area contributed by atoms with Gasteiger partial charge in [-0.1, -0.05) is 5.92 Å². The highest BCUT2D eigenvalue weighted by molar-refractivity contribution is 5.78. The average molecular weight is 251 g/mol. The van der Waals surface area contributed by atoms with E-state index in [9.17, 15) is 4.79 Å². The van der Waals surface area contributed by atoms with Gasteiger partial charge in [0.1, 0.15) is 0 Å². The van der Waals surface area contributed by atoms with E-state index in [1.54, 1.807) is 0 Å². The molecule has 0 aromatic rings. The van der Waals surface area contributed by atoms with E-state index in [1.807, 2.05) is 4.90 Å². The first-order valence-electron chi connectivity index (χ1n) is 6.53. The van der Waals surface area contributed by atoms with E-state index < -0.39 is 0 Å². The lowest BCUT2D eigenvalue weighted by molar-refractivity contribution is -0.136. The molecule has 2 rings (SSSR count). The third-order valence-electron chi connectivity index (χ3n) is 3.50. The first-order chi connectivity index (χ1) is 8.79. The summed E-state index contributed by atoms with van der Waals surface area (Å²) in [5.41, 5.74) is 0. The average Bonchev–Trinajstić information content (AvgIpc) is 2.42. The Kier molecular flexibility index (Phi) is 5.00. The molecule has 100 valence electrons. The molecule has 5 heteroatoms. The fraction of sp³-hybridized carbons (Fsp3) is 0.769. The van der Waals surface area contributed by atoms with Crippen LogP contribution in [0.4, 0.5) is 0 Å². The molecule has 2 aliphatic rings. The van der Waals surface area contributed by atoms with E-state index in [0.717, 1.165) is 39.3 Å². The summed E-state index contributed by atoms with van der Waals surface area (Å²) in [4.78, 5) is 18.4. The number of ether oxygens (including phenoxy) is 1. The van der Waals surface area contributed by atoms with Crippen LogP contribution in [0.2, 0.25) is 0 Å². The van der Waals surface area contributed by atoms with E-state index in [2.05, 4.69) is 15.7 Å². The Balaban J connectivity index is 1.70. The standard InChI is InChI=1S/C13H21N3O2/c1-2-3-14-4-6-15(7-5-14)12-13(17)16-8-10-18-11-9-16/h1H,3-12H2.